The largest absolute Gasteiger partial charge is 0.508 e. The molecule has 0 aromatic heterocycles. The summed E-state index contributed by atoms with van der Waals surface area (Å²) in [5.41, 5.74) is 20.3. The Bertz CT molecular complexity index is 1300. The molecule has 0 fully saturated rings. The number of aromatic hydroxyl groups is 1. The molecule has 4 nitrogen and oxygen atoms in total. The van der Waals surface area contributed by atoms with E-state index >= 15 is 0 Å². The molecule has 51 heavy (non-hydrogen) atoms. The van der Waals surface area contributed by atoms with Crippen molar-refractivity contribution in [2.45, 2.75) is 130 Å². The molecule has 2 rings (SSSR count). The third kappa shape index (κ3) is 40.0. The Morgan fingerprint density at radius 2 is 1.33 bits per heavy atom. The molecule has 0 bridgehead atoms. The highest BCUT2D eigenvalue weighted by molar-refractivity contribution is 5.74. The fourth-order valence-electron chi connectivity index (χ4n) is 3.52. The monoisotopic (exact) mass is 703 g/mol. The fraction of sp³-hybridized carbons (Fsp3) is 0.426. The van der Waals surface area contributed by atoms with Gasteiger partial charge in [0.05, 0.1) is 0 Å². The molecule has 0 spiro atoms. The van der Waals surface area contributed by atoms with E-state index < -0.39 is 0 Å². The van der Waals surface area contributed by atoms with E-state index in [0.29, 0.717) is 17.9 Å². The lowest BCUT2D eigenvalue weighted by molar-refractivity contribution is -0.116. The van der Waals surface area contributed by atoms with Crippen molar-refractivity contribution in [1.82, 2.24) is 0 Å². The van der Waals surface area contributed by atoms with E-state index in [-0.39, 0.29) is 5.78 Å². The molecule has 0 aliphatic carbocycles. The summed E-state index contributed by atoms with van der Waals surface area (Å²) in [6.07, 6.45) is 16.1. The second-order valence-electron chi connectivity index (χ2n) is 12.0. The third-order valence-electron chi connectivity index (χ3n) is 7.06. The van der Waals surface area contributed by atoms with E-state index in [1.165, 1.54) is 53.3 Å². The lowest BCUT2D eigenvalue weighted by Crippen LogP contribution is -1.97. The summed E-state index contributed by atoms with van der Waals surface area (Å²) in [5.74, 6) is 1.53. The van der Waals surface area contributed by atoms with Gasteiger partial charge in [0.1, 0.15) is 11.5 Å². The van der Waals surface area contributed by atoms with Crippen LogP contribution in [-0.4, -0.2) is 10.9 Å². The maximum Gasteiger partial charge on any atom is 0.129 e. The summed E-state index contributed by atoms with van der Waals surface area (Å²) < 4.78 is 0. The van der Waals surface area contributed by atoms with Crippen molar-refractivity contribution in [3.63, 3.8) is 0 Å². The zero-order valence-electron chi connectivity index (χ0n) is 35.5. The zero-order valence-corrected chi connectivity index (χ0v) is 35.5. The smallest absolute Gasteiger partial charge is 0.129 e. The number of carbonyl (C=O) groups excluding carboxylic acids is 1. The quantitative estimate of drug-likeness (QED) is 0.227. The van der Waals surface area contributed by atoms with Crippen molar-refractivity contribution < 1.29 is 9.90 Å². The summed E-state index contributed by atoms with van der Waals surface area (Å²) in [7, 11) is 0. The first-order chi connectivity index (χ1) is 23.9. The van der Waals surface area contributed by atoms with Gasteiger partial charge in [0.2, 0.25) is 0 Å². The number of carbonyl (C=O) groups is 1. The van der Waals surface area contributed by atoms with Gasteiger partial charge in [0, 0.05) is 12.1 Å². The van der Waals surface area contributed by atoms with Crippen LogP contribution < -0.4 is 11.5 Å². The molecule has 288 valence electrons. The summed E-state index contributed by atoms with van der Waals surface area (Å²) in [6.45, 7) is 41.6. The van der Waals surface area contributed by atoms with Crippen LogP contribution in [0.5, 0.6) is 5.75 Å². The standard InChI is InChI=1S/C16H23N.C9H12.C7H8O.C7H16.C4H8O.C2H5N.C2H6/c1-7-9-12(3)10-13(4)14(5)11-16(8-2)15(6)17;1-7-4-5-8(2)9(3)6-7;1-6-2-4-7(8)5-3-6;1-4-6-7(3)5-2;1-3-4(2)5;1-2-3;1-2/h7-11H,4,6,17H2,1-3,5H3;4-6H,1-3H3;2-5,8H,1H3;7H,4-6H2,1-3H3;3H2,1-2H3;2H,1,3H2;1-2H3/b9-7-,12-10-,14-11+,16-8+;;;;;;/t;;;7-;;;/m...1.../s1. The molecule has 0 aliphatic heterocycles. The van der Waals surface area contributed by atoms with Gasteiger partial charge in [0.15, 0.2) is 0 Å². The zero-order chi connectivity index (χ0) is 40.9. The van der Waals surface area contributed by atoms with Crippen molar-refractivity contribution in [2.75, 3.05) is 0 Å². The normalized spacial score (nSPS) is 10.9. The van der Waals surface area contributed by atoms with Gasteiger partial charge in [0.25, 0.3) is 0 Å². The molecule has 0 saturated carbocycles. The second kappa shape index (κ2) is 38.5. The van der Waals surface area contributed by atoms with Crippen molar-refractivity contribution in [2.24, 2.45) is 17.4 Å². The van der Waals surface area contributed by atoms with Gasteiger partial charge in [-0.05, 0) is 120 Å². The molecule has 0 heterocycles. The average molecular weight is 703 g/mol. The number of phenols is 1. The van der Waals surface area contributed by atoms with Gasteiger partial charge in [-0.2, -0.15) is 0 Å². The van der Waals surface area contributed by atoms with Crippen molar-refractivity contribution >= 4 is 5.78 Å². The minimum Gasteiger partial charge on any atom is -0.508 e. The van der Waals surface area contributed by atoms with E-state index in [9.17, 15) is 4.79 Å². The molecule has 0 radical (unpaired) electrons. The van der Waals surface area contributed by atoms with Crippen molar-refractivity contribution in [3.8, 4) is 5.75 Å². The number of benzene rings is 2. The number of rotatable bonds is 9. The van der Waals surface area contributed by atoms with Crippen LogP contribution in [0.1, 0.15) is 124 Å². The Labute approximate surface area is 316 Å². The molecule has 0 amide bonds. The number of nitrogens with two attached hydrogens (primary N) is 2. The molecule has 4 heteroatoms. The lowest BCUT2D eigenvalue weighted by atomic mass is 10.0. The molecule has 5 N–H and O–H groups in total. The molecule has 1 atom stereocenters. The third-order valence-corrected chi connectivity index (χ3v) is 7.06. The van der Waals surface area contributed by atoms with Gasteiger partial charge < -0.3 is 21.4 Å². The van der Waals surface area contributed by atoms with E-state index in [4.69, 9.17) is 10.8 Å². The molecular formula is C47H78N2O2. The van der Waals surface area contributed by atoms with Crippen LogP contribution in [0.4, 0.5) is 0 Å². The minimum atomic E-state index is 0.255. The number of ketones is 1. The Morgan fingerprint density at radius 3 is 1.63 bits per heavy atom. The summed E-state index contributed by atoms with van der Waals surface area (Å²) in [6, 6.07) is 13.6. The lowest BCUT2D eigenvalue weighted by Gasteiger charge is -2.05. The maximum atomic E-state index is 9.81. The van der Waals surface area contributed by atoms with E-state index in [1.54, 1.807) is 19.1 Å². The fourth-order valence-corrected chi connectivity index (χ4v) is 3.52. The van der Waals surface area contributed by atoms with Gasteiger partial charge in [-0.3, -0.25) is 0 Å². The van der Waals surface area contributed by atoms with Crippen LogP contribution in [-0.2, 0) is 4.79 Å². The second-order valence-corrected chi connectivity index (χ2v) is 12.0. The number of phenolic OH excluding ortho intramolecular Hbond substituents is 1. The maximum absolute atomic E-state index is 9.81. The van der Waals surface area contributed by atoms with E-state index in [1.807, 2.05) is 78.8 Å². The summed E-state index contributed by atoms with van der Waals surface area (Å²) >= 11 is 0. The molecular weight excluding hydrogens is 625 g/mol. The van der Waals surface area contributed by atoms with E-state index in [2.05, 4.69) is 104 Å². The Kier molecular flexibility index (Phi) is 42.3. The van der Waals surface area contributed by atoms with Crippen molar-refractivity contribution in [1.29, 1.82) is 0 Å². The summed E-state index contributed by atoms with van der Waals surface area (Å²) in [5, 5.41) is 8.76. The SMILES string of the molecule is C=C(/C=C(C)\C=C/C)/C(C)=C/C(=C\C)C(=C)N.C=CN.CC.CCC(C)=O.CCC[C@H](C)CC.Cc1ccc(C)c(C)c1.Cc1ccc(O)cc1. The van der Waals surface area contributed by atoms with Gasteiger partial charge in [-0.15, -0.1) is 0 Å². The minimum absolute atomic E-state index is 0.255. The highest BCUT2D eigenvalue weighted by Crippen LogP contribution is 2.16. The van der Waals surface area contributed by atoms with Crippen LogP contribution in [0.15, 0.2) is 127 Å². The first-order valence-corrected chi connectivity index (χ1v) is 18.3. The van der Waals surface area contributed by atoms with Gasteiger partial charge in [-0.25, -0.2) is 0 Å². The highest BCUT2D eigenvalue weighted by atomic mass is 16.3. The molecule has 0 unspecified atom stereocenters. The van der Waals surface area contributed by atoms with Gasteiger partial charge >= 0.3 is 0 Å². The number of Topliss-reactive ketones (excluding diaryl/α,β-unsaturated/α-hetero) is 1. The summed E-state index contributed by atoms with van der Waals surface area (Å²) in [4.78, 5) is 9.81. The van der Waals surface area contributed by atoms with Crippen LogP contribution >= 0.6 is 0 Å². The number of hydrogen-bond acceptors (Lipinski definition) is 4. The number of hydrogen-bond donors (Lipinski definition) is 3. The highest BCUT2D eigenvalue weighted by Gasteiger charge is 1.98. The number of aryl methyl sites for hydroxylation is 4. The predicted molar refractivity (Wildman–Crippen MR) is 233 cm³/mol. The first kappa shape index (κ1) is 56.1. The van der Waals surface area contributed by atoms with Crippen LogP contribution in [0.25, 0.3) is 0 Å². The Morgan fingerprint density at radius 1 is 0.863 bits per heavy atom. The predicted octanol–water partition coefficient (Wildman–Crippen LogP) is 13.7. The number of allylic oxidation sites excluding steroid dienone is 8. The van der Waals surface area contributed by atoms with Crippen LogP contribution in [0.2, 0.25) is 0 Å². The first-order valence-electron chi connectivity index (χ1n) is 18.3. The molecule has 2 aromatic rings. The molecule has 2 aromatic carbocycles. The topological polar surface area (TPSA) is 89.3 Å². The van der Waals surface area contributed by atoms with E-state index in [0.717, 1.165) is 22.6 Å². The molecule has 0 aliphatic rings. The van der Waals surface area contributed by atoms with Gasteiger partial charge in [-0.1, -0.05) is 152 Å². The molecule has 0 saturated heterocycles. The van der Waals surface area contributed by atoms with Crippen LogP contribution in [0.3, 0.4) is 0 Å². The average Bonchev–Trinajstić information content (AvgIpc) is 3.09. The van der Waals surface area contributed by atoms with Crippen molar-refractivity contribution in [3.05, 3.63) is 149 Å². The Balaban J connectivity index is -0.000000177. The van der Waals surface area contributed by atoms with Crippen LogP contribution in [0, 0.1) is 33.6 Å². The Hall–Kier alpha value is -4.31.